The van der Waals surface area contributed by atoms with Crippen LogP contribution in [0.1, 0.15) is 17.0 Å². The highest BCUT2D eigenvalue weighted by molar-refractivity contribution is 5.70. The highest BCUT2D eigenvalue weighted by Crippen LogP contribution is 2.16. The van der Waals surface area contributed by atoms with Gasteiger partial charge in [0.05, 0.1) is 6.42 Å². The summed E-state index contributed by atoms with van der Waals surface area (Å²) in [5.74, 6) is 0.355. The first-order valence-electron chi connectivity index (χ1n) is 6.04. The summed E-state index contributed by atoms with van der Waals surface area (Å²) < 4.78 is 15.5. The molecular formula is C14H15NO5. The van der Waals surface area contributed by atoms with Crippen molar-refractivity contribution in [3.05, 3.63) is 47.3 Å². The zero-order valence-corrected chi connectivity index (χ0v) is 11.0. The Morgan fingerprint density at radius 1 is 1.35 bits per heavy atom. The van der Waals surface area contributed by atoms with E-state index in [4.69, 9.17) is 19.1 Å². The summed E-state index contributed by atoms with van der Waals surface area (Å²) >= 11 is 0. The van der Waals surface area contributed by atoms with Crippen molar-refractivity contribution in [3.8, 4) is 5.75 Å². The van der Waals surface area contributed by atoms with E-state index in [9.17, 15) is 4.79 Å². The molecule has 0 aliphatic rings. The van der Waals surface area contributed by atoms with Gasteiger partial charge in [0, 0.05) is 13.2 Å². The molecule has 0 saturated heterocycles. The number of hydrogen-bond donors (Lipinski definition) is 1. The van der Waals surface area contributed by atoms with Crippen LogP contribution in [0.2, 0.25) is 0 Å². The number of nitrogens with zero attached hydrogens (tertiary/aromatic N) is 1. The van der Waals surface area contributed by atoms with E-state index < -0.39 is 5.97 Å². The predicted octanol–water partition coefficient (Wildman–Crippen LogP) is 2.03. The number of aliphatic carboxylic acids is 1. The third-order valence-corrected chi connectivity index (χ3v) is 2.53. The number of carboxylic acid groups (broad SMARTS) is 1. The van der Waals surface area contributed by atoms with Crippen LogP contribution in [0.25, 0.3) is 0 Å². The van der Waals surface area contributed by atoms with E-state index in [0.29, 0.717) is 29.4 Å². The van der Waals surface area contributed by atoms with Crippen LogP contribution in [0.4, 0.5) is 0 Å². The second-order valence-electron chi connectivity index (χ2n) is 4.22. The molecule has 0 atom stereocenters. The van der Waals surface area contributed by atoms with E-state index in [2.05, 4.69) is 5.16 Å². The molecular weight excluding hydrogens is 262 g/mol. The smallest absolute Gasteiger partial charge is 0.307 e. The Bertz CT molecular complexity index is 578. The number of benzene rings is 1. The highest BCUT2D eigenvalue weighted by atomic mass is 16.5. The Morgan fingerprint density at radius 3 is 2.95 bits per heavy atom. The summed E-state index contributed by atoms with van der Waals surface area (Å²) in [7, 11) is 1.58. The van der Waals surface area contributed by atoms with Gasteiger partial charge in [-0.3, -0.25) is 4.79 Å². The second-order valence-corrected chi connectivity index (χ2v) is 4.22. The molecule has 0 saturated carbocycles. The molecule has 0 bridgehead atoms. The number of methoxy groups -OCH3 is 1. The summed E-state index contributed by atoms with van der Waals surface area (Å²) in [6.45, 7) is 0.616. The Hall–Kier alpha value is -2.34. The number of carbonyl (C=O) groups is 1. The maximum absolute atomic E-state index is 10.6. The maximum Gasteiger partial charge on any atom is 0.307 e. The van der Waals surface area contributed by atoms with Crippen molar-refractivity contribution in [1.29, 1.82) is 0 Å². The number of rotatable bonds is 7. The third kappa shape index (κ3) is 4.10. The van der Waals surface area contributed by atoms with Gasteiger partial charge >= 0.3 is 5.97 Å². The van der Waals surface area contributed by atoms with Crippen molar-refractivity contribution >= 4 is 5.97 Å². The van der Waals surface area contributed by atoms with Crippen LogP contribution in [0.3, 0.4) is 0 Å². The van der Waals surface area contributed by atoms with Crippen LogP contribution in [0.5, 0.6) is 5.75 Å². The van der Waals surface area contributed by atoms with E-state index in [1.54, 1.807) is 37.4 Å². The zero-order valence-electron chi connectivity index (χ0n) is 11.0. The van der Waals surface area contributed by atoms with Gasteiger partial charge in [0.25, 0.3) is 0 Å². The largest absolute Gasteiger partial charge is 0.487 e. The Kier molecular flexibility index (Phi) is 4.73. The summed E-state index contributed by atoms with van der Waals surface area (Å²) in [6, 6.07) is 8.72. The third-order valence-electron chi connectivity index (χ3n) is 2.53. The Balaban J connectivity index is 1.94. The predicted molar refractivity (Wildman–Crippen MR) is 69.3 cm³/mol. The van der Waals surface area contributed by atoms with Crippen LogP contribution in [-0.2, 0) is 29.2 Å². The molecule has 1 N–H and O–H groups in total. The van der Waals surface area contributed by atoms with Crippen molar-refractivity contribution in [3.63, 3.8) is 0 Å². The van der Waals surface area contributed by atoms with Gasteiger partial charge in [0.15, 0.2) is 5.76 Å². The molecule has 2 rings (SSSR count). The topological polar surface area (TPSA) is 81.8 Å². The van der Waals surface area contributed by atoms with Gasteiger partial charge in [0.2, 0.25) is 0 Å². The minimum Gasteiger partial charge on any atom is -0.487 e. The molecule has 2 aromatic rings. The van der Waals surface area contributed by atoms with Crippen molar-refractivity contribution in [2.75, 3.05) is 7.11 Å². The fourth-order valence-electron chi connectivity index (χ4n) is 1.71. The molecule has 6 nitrogen and oxygen atoms in total. The molecule has 1 aromatic carbocycles. The fraction of sp³-hybridized carbons (Fsp3) is 0.286. The summed E-state index contributed by atoms with van der Waals surface area (Å²) in [4.78, 5) is 10.6. The van der Waals surface area contributed by atoms with Gasteiger partial charge < -0.3 is 19.1 Å². The number of hydrogen-bond acceptors (Lipinski definition) is 5. The first-order chi connectivity index (χ1) is 9.67. The van der Waals surface area contributed by atoms with E-state index in [1.165, 1.54) is 0 Å². The van der Waals surface area contributed by atoms with E-state index in [-0.39, 0.29) is 13.0 Å². The second kappa shape index (κ2) is 6.72. The van der Waals surface area contributed by atoms with E-state index >= 15 is 0 Å². The molecule has 106 valence electrons. The lowest BCUT2D eigenvalue weighted by atomic mass is 10.1. The molecule has 20 heavy (non-hydrogen) atoms. The number of aromatic nitrogens is 1. The van der Waals surface area contributed by atoms with Crippen LogP contribution in [-0.4, -0.2) is 23.3 Å². The van der Waals surface area contributed by atoms with Gasteiger partial charge in [-0.15, -0.1) is 0 Å². The molecule has 1 aromatic heterocycles. The molecule has 0 aliphatic heterocycles. The Morgan fingerprint density at radius 2 is 2.20 bits per heavy atom. The molecule has 0 unspecified atom stereocenters. The normalized spacial score (nSPS) is 10.4. The van der Waals surface area contributed by atoms with E-state index in [1.807, 2.05) is 0 Å². The lowest BCUT2D eigenvalue weighted by Crippen LogP contribution is -2.01. The fourth-order valence-corrected chi connectivity index (χ4v) is 1.71. The summed E-state index contributed by atoms with van der Waals surface area (Å²) in [5.41, 5.74) is 1.34. The van der Waals surface area contributed by atoms with Crippen LogP contribution < -0.4 is 4.74 Å². The maximum atomic E-state index is 10.6. The van der Waals surface area contributed by atoms with Crippen molar-refractivity contribution in [1.82, 2.24) is 5.16 Å². The molecule has 0 amide bonds. The van der Waals surface area contributed by atoms with Crippen molar-refractivity contribution < 1.29 is 23.9 Å². The minimum atomic E-state index is -0.872. The van der Waals surface area contributed by atoms with Crippen LogP contribution >= 0.6 is 0 Å². The zero-order chi connectivity index (χ0) is 14.4. The van der Waals surface area contributed by atoms with Crippen molar-refractivity contribution in [2.45, 2.75) is 19.6 Å². The van der Waals surface area contributed by atoms with Crippen molar-refractivity contribution in [2.24, 2.45) is 0 Å². The molecule has 0 fully saturated rings. The first-order valence-corrected chi connectivity index (χ1v) is 6.04. The van der Waals surface area contributed by atoms with Gasteiger partial charge in [-0.05, 0) is 17.7 Å². The highest BCUT2D eigenvalue weighted by Gasteiger charge is 2.06. The average molecular weight is 277 g/mol. The molecule has 1 heterocycles. The number of carboxylic acids is 1. The first kappa shape index (κ1) is 14.1. The lowest BCUT2D eigenvalue weighted by molar-refractivity contribution is -0.136. The number of ether oxygens (including phenoxy) is 2. The molecule has 0 aliphatic carbocycles. The molecule has 0 spiro atoms. The molecule has 0 radical (unpaired) electrons. The summed E-state index contributed by atoms with van der Waals surface area (Å²) in [5, 5.41) is 12.6. The van der Waals surface area contributed by atoms with Crippen LogP contribution in [0, 0.1) is 0 Å². The van der Waals surface area contributed by atoms with Gasteiger partial charge in [-0.2, -0.15) is 0 Å². The Labute approximate surface area is 115 Å². The summed E-state index contributed by atoms with van der Waals surface area (Å²) in [6.07, 6.45) is -0.0286. The van der Waals surface area contributed by atoms with Crippen LogP contribution in [0.15, 0.2) is 34.9 Å². The lowest BCUT2D eigenvalue weighted by Gasteiger charge is -2.05. The monoisotopic (exact) mass is 277 g/mol. The SMILES string of the molecule is COCc1cc(COc2cccc(CC(=O)O)c2)no1. The standard InChI is InChI=1S/C14H15NO5/c1-18-9-13-7-11(15-20-13)8-19-12-4-2-3-10(5-12)6-14(16)17/h2-5,7H,6,8-9H2,1H3,(H,16,17). The van der Waals surface area contributed by atoms with Gasteiger partial charge in [-0.25, -0.2) is 0 Å². The van der Waals surface area contributed by atoms with Gasteiger partial charge in [-0.1, -0.05) is 17.3 Å². The molecule has 6 heteroatoms. The van der Waals surface area contributed by atoms with E-state index in [0.717, 1.165) is 0 Å². The minimum absolute atomic E-state index is 0.0286. The average Bonchev–Trinajstić information content (AvgIpc) is 2.84. The quantitative estimate of drug-likeness (QED) is 0.833. The van der Waals surface area contributed by atoms with Gasteiger partial charge in [0.1, 0.15) is 24.7 Å².